The molecule has 206 valence electrons. The standard InChI is InChI=1S/C26H26N8O5S/c1-15-13-29-24(30-14-15)23(39-4)16(2)40(36,37)33-26-32-31-25(17-8-9-18-19(12-17)28-11-10-27-18)34(26)22-20(35)6-5-7-21(22)38-3/h5-7,10-14,16,23,27-28,35H,1-4H3,(H,32,33)/t16-,23-/m0/s1. The summed E-state index contributed by atoms with van der Waals surface area (Å²) in [4.78, 5) is 8.47. The van der Waals surface area contributed by atoms with E-state index < -0.39 is 21.4 Å². The predicted molar refractivity (Wildman–Crippen MR) is 146 cm³/mol. The van der Waals surface area contributed by atoms with Crippen molar-refractivity contribution >= 4 is 21.5 Å². The fourth-order valence-electron chi connectivity index (χ4n) is 4.13. The molecule has 3 aromatic rings. The maximum Gasteiger partial charge on any atom is 0.243 e. The number of ether oxygens (including phenoxy) is 2. The van der Waals surface area contributed by atoms with Gasteiger partial charge in [-0.05, 0) is 43.4 Å². The van der Waals surface area contributed by atoms with Crippen LogP contribution in [0.2, 0.25) is 0 Å². The minimum atomic E-state index is -4.18. The molecule has 0 saturated heterocycles. The highest BCUT2D eigenvalue weighted by Gasteiger charge is 2.35. The normalized spacial score (nSPS) is 15.6. The Morgan fingerprint density at radius 3 is 2.58 bits per heavy atom. The van der Waals surface area contributed by atoms with Gasteiger partial charge >= 0.3 is 0 Å². The molecule has 1 aliphatic heterocycles. The molecule has 0 radical (unpaired) electrons. The largest absolute Gasteiger partial charge is 0.506 e. The molecular formula is C26H26N8O5S. The molecule has 0 amide bonds. The van der Waals surface area contributed by atoms with E-state index in [1.807, 2.05) is 6.92 Å². The molecule has 0 saturated carbocycles. The molecule has 1 aliphatic carbocycles. The third-order valence-electron chi connectivity index (χ3n) is 6.21. The lowest BCUT2D eigenvalue weighted by Crippen LogP contribution is -2.33. The third kappa shape index (κ3) is 4.95. The molecule has 3 heterocycles. The molecule has 0 fully saturated rings. The zero-order valence-electron chi connectivity index (χ0n) is 22.0. The van der Waals surface area contributed by atoms with Crippen LogP contribution in [0, 0.1) is 6.92 Å². The van der Waals surface area contributed by atoms with E-state index in [9.17, 15) is 13.5 Å². The van der Waals surface area contributed by atoms with Crippen molar-refractivity contribution in [2.24, 2.45) is 0 Å². The van der Waals surface area contributed by atoms with Crippen LogP contribution in [0.5, 0.6) is 11.5 Å². The number of para-hydroxylation sites is 1. The van der Waals surface area contributed by atoms with Crippen molar-refractivity contribution in [2.45, 2.75) is 25.2 Å². The van der Waals surface area contributed by atoms with E-state index in [1.54, 1.807) is 43.0 Å². The second-order valence-corrected chi connectivity index (χ2v) is 10.9. The minimum absolute atomic E-state index is 0.123. The summed E-state index contributed by atoms with van der Waals surface area (Å²) in [6.07, 6.45) is 7.35. The molecule has 0 bridgehead atoms. The fourth-order valence-corrected chi connectivity index (χ4v) is 5.26. The minimum Gasteiger partial charge on any atom is -0.506 e. The number of aromatic nitrogens is 5. The second-order valence-electron chi connectivity index (χ2n) is 8.86. The number of hydrogen-bond donors (Lipinski definition) is 4. The molecule has 2 atom stereocenters. The highest BCUT2D eigenvalue weighted by Crippen LogP contribution is 2.37. The molecule has 4 N–H and O–H groups in total. The van der Waals surface area contributed by atoms with Gasteiger partial charge in [-0.3, -0.25) is 9.29 Å². The van der Waals surface area contributed by atoms with Crippen LogP contribution in [0.15, 0.2) is 71.9 Å². The summed E-state index contributed by atoms with van der Waals surface area (Å²) >= 11 is 0. The lowest BCUT2D eigenvalue weighted by molar-refractivity contribution is 0.0949. The quantitative estimate of drug-likeness (QED) is 0.282. The number of phenolic OH excluding ortho intramolecular Hbond substituents is 1. The number of nitrogens with one attached hydrogen (secondary N) is 3. The van der Waals surface area contributed by atoms with Crippen LogP contribution in [0.3, 0.4) is 0 Å². The van der Waals surface area contributed by atoms with Gasteiger partial charge in [0, 0.05) is 31.9 Å². The molecule has 0 unspecified atom stereocenters. The SMILES string of the molecule is COc1cccc(O)c1-n1c(NS(=O)(=O)[C@@H](C)[C@H](OC)c2ncc(C)cn2)nnc1C1=C=C=C2NC=CNC2=C1. The smallest absolute Gasteiger partial charge is 0.243 e. The number of aryl methyl sites for hydroxylation is 1. The first kappa shape index (κ1) is 26.7. The van der Waals surface area contributed by atoms with Gasteiger partial charge in [-0.25, -0.2) is 18.4 Å². The number of methoxy groups -OCH3 is 2. The Kier molecular flexibility index (Phi) is 7.16. The van der Waals surface area contributed by atoms with Crippen LogP contribution in [0.25, 0.3) is 11.3 Å². The molecule has 40 heavy (non-hydrogen) atoms. The maximum absolute atomic E-state index is 13.6. The molecule has 1 aromatic carbocycles. The monoisotopic (exact) mass is 562 g/mol. The van der Waals surface area contributed by atoms with E-state index in [4.69, 9.17) is 9.47 Å². The number of benzene rings is 1. The van der Waals surface area contributed by atoms with Crippen LogP contribution >= 0.6 is 0 Å². The number of sulfonamides is 1. The molecule has 2 aliphatic rings. The summed E-state index contributed by atoms with van der Waals surface area (Å²) in [7, 11) is -1.37. The topological polar surface area (TPSA) is 165 Å². The van der Waals surface area contributed by atoms with Gasteiger partial charge in [0.25, 0.3) is 0 Å². The van der Waals surface area contributed by atoms with Crippen LogP contribution < -0.4 is 20.1 Å². The van der Waals surface area contributed by atoms with Crippen molar-refractivity contribution in [1.82, 2.24) is 35.4 Å². The van der Waals surface area contributed by atoms with Gasteiger partial charge in [0.2, 0.25) is 16.0 Å². The Labute approximate surface area is 230 Å². The van der Waals surface area contributed by atoms with Gasteiger partial charge in [0.15, 0.2) is 11.6 Å². The average Bonchev–Trinajstić information content (AvgIpc) is 3.35. The second kappa shape index (κ2) is 10.7. The first-order valence-corrected chi connectivity index (χ1v) is 13.6. The van der Waals surface area contributed by atoms with Gasteiger partial charge < -0.3 is 25.2 Å². The summed E-state index contributed by atoms with van der Waals surface area (Å²) in [6, 6.07) is 4.66. The maximum atomic E-state index is 13.6. The zero-order valence-corrected chi connectivity index (χ0v) is 22.8. The van der Waals surface area contributed by atoms with Crippen molar-refractivity contribution in [3.63, 3.8) is 0 Å². The molecule has 5 rings (SSSR count). The Morgan fingerprint density at radius 2 is 1.85 bits per heavy atom. The number of nitrogens with zero attached hydrogens (tertiary/aromatic N) is 5. The molecule has 14 heteroatoms. The lowest BCUT2D eigenvalue weighted by Gasteiger charge is -2.22. The zero-order chi connectivity index (χ0) is 28.4. The number of phenols is 1. The first-order valence-electron chi connectivity index (χ1n) is 12.0. The van der Waals surface area contributed by atoms with E-state index in [2.05, 4.69) is 47.0 Å². The predicted octanol–water partition coefficient (Wildman–Crippen LogP) is 2.18. The summed E-state index contributed by atoms with van der Waals surface area (Å²) in [5.41, 5.74) is 8.73. The Balaban J connectivity index is 1.62. The van der Waals surface area contributed by atoms with Crippen molar-refractivity contribution in [2.75, 3.05) is 18.9 Å². The van der Waals surface area contributed by atoms with Gasteiger partial charge in [0.05, 0.1) is 18.4 Å². The lowest BCUT2D eigenvalue weighted by atomic mass is 10.1. The number of anilines is 1. The fraction of sp³-hybridized carbons (Fsp3) is 0.231. The van der Waals surface area contributed by atoms with E-state index in [0.717, 1.165) is 5.56 Å². The number of fused-ring (bicyclic) bond motifs is 1. The summed E-state index contributed by atoms with van der Waals surface area (Å²) in [6.45, 7) is 3.30. The number of allylic oxidation sites excluding steroid dienone is 2. The van der Waals surface area contributed by atoms with Crippen LogP contribution in [0.4, 0.5) is 5.95 Å². The first-order chi connectivity index (χ1) is 19.2. The highest BCUT2D eigenvalue weighted by molar-refractivity contribution is 7.93. The van der Waals surface area contributed by atoms with Gasteiger partial charge in [-0.1, -0.05) is 11.8 Å². The molecule has 2 aromatic heterocycles. The Bertz CT molecular complexity index is 1730. The van der Waals surface area contributed by atoms with Crippen molar-refractivity contribution in [3.05, 3.63) is 89.1 Å². The Morgan fingerprint density at radius 1 is 1.10 bits per heavy atom. The van der Waals surface area contributed by atoms with Crippen LogP contribution in [-0.4, -0.2) is 57.7 Å². The van der Waals surface area contributed by atoms with Gasteiger partial charge in [-0.2, -0.15) is 0 Å². The van der Waals surface area contributed by atoms with Crippen molar-refractivity contribution in [3.8, 4) is 17.2 Å². The summed E-state index contributed by atoms with van der Waals surface area (Å²) in [5, 5.41) is 24.3. The van der Waals surface area contributed by atoms with E-state index in [1.165, 1.54) is 31.8 Å². The van der Waals surface area contributed by atoms with E-state index in [0.29, 0.717) is 17.0 Å². The number of hydrogen-bond acceptors (Lipinski definition) is 11. The highest BCUT2D eigenvalue weighted by atomic mass is 32.2. The van der Waals surface area contributed by atoms with Crippen molar-refractivity contribution < 1.29 is 23.0 Å². The van der Waals surface area contributed by atoms with E-state index >= 15 is 0 Å². The number of aromatic hydroxyl groups is 1. The van der Waals surface area contributed by atoms with Gasteiger partial charge in [0.1, 0.15) is 34.2 Å². The van der Waals surface area contributed by atoms with Crippen LogP contribution in [0.1, 0.15) is 30.2 Å². The van der Waals surface area contributed by atoms with E-state index in [-0.39, 0.29) is 34.8 Å². The molecular weight excluding hydrogens is 536 g/mol. The number of rotatable bonds is 9. The van der Waals surface area contributed by atoms with Crippen LogP contribution in [-0.2, 0) is 14.8 Å². The summed E-state index contributed by atoms with van der Waals surface area (Å²) < 4.78 is 42.1. The summed E-state index contributed by atoms with van der Waals surface area (Å²) in [5.74, 6) is 0.248. The third-order valence-corrected chi connectivity index (χ3v) is 7.91. The van der Waals surface area contributed by atoms with Crippen molar-refractivity contribution in [1.29, 1.82) is 0 Å². The van der Waals surface area contributed by atoms with Gasteiger partial charge in [-0.15, -0.1) is 10.2 Å². The molecule has 0 spiro atoms. The average molecular weight is 563 g/mol. The Hall–Kier alpha value is -4.87. The molecule has 13 nitrogen and oxygen atoms in total.